The van der Waals surface area contributed by atoms with Crippen LogP contribution in [0.5, 0.6) is 0 Å². The summed E-state index contributed by atoms with van der Waals surface area (Å²) >= 11 is 5.80. The van der Waals surface area contributed by atoms with Gasteiger partial charge in [0.25, 0.3) is 0 Å². The summed E-state index contributed by atoms with van der Waals surface area (Å²) in [6.45, 7) is 0. The fourth-order valence-electron chi connectivity index (χ4n) is 1.36. The number of nitrogens with zero attached hydrogens (tertiary/aromatic N) is 2. The van der Waals surface area contributed by atoms with Crippen molar-refractivity contribution in [3.05, 3.63) is 40.8 Å². The molecule has 0 saturated carbocycles. The predicted octanol–water partition coefficient (Wildman–Crippen LogP) is 3.33. The monoisotopic (exact) mass is 288 g/mol. The van der Waals surface area contributed by atoms with Crippen molar-refractivity contribution in [2.45, 2.75) is 0 Å². The van der Waals surface area contributed by atoms with Gasteiger partial charge in [0, 0.05) is 19.2 Å². The van der Waals surface area contributed by atoms with E-state index in [9.17, 15) is 13.2 Å². The lowest BCUT2D eigenvalue weighted by atomic mass is 10.2. The summed E-state index contributed by atoms with van der Waals surface area (Å²) in [5.41, 5.74) is -0.538. The molecule has 0 aliphatic heterocycles. The molecule has 1 heterocycles. The van der Waals surface area contributed by atoms with E-state index in [1.165, 1.54) is 6.20 Å². The Bertz CT molecular complexity index is 598. The Hall–Kier alpha value is -2.02. The molecule has 1 aromatic carbocycles. The molecule has 2 rings (SSSR count). The van der Waals surface area contributed by atoms with Crippen LogP contribution in [0.2, 0.25) is 5.02 Å². The number of rotatable bonds is 3. The van der Waals surface area contributed by atoms with Gasteiger partial charge in [-0.05, 0) is 0 Å². The van der Waals surface area contributed by atoms with Crippen molar-refractivity contribution in [2.75, 3.05) is 17.7 Å². The topological polar surface area (TPSA) is 49.8 Å². The molecule has 2 N–H and O–H groups in total. The largest absolute Gasteiger partial charge is 0.357 e. The number of anilines is 3. The third kappa shape index (κ3) is 2.87. The minimum absolute atomic E-state index is 0.00502. The number of aromatic nitrogens is 2. The number of benzene rings is 1. The Kier molecular flexibility index (Phi) is 3.75. The van der Waals surface area contributed by atoms with Crippen LogP contribution in [0, 0.1) is 17.5 Å². The molecule has 0 amide bonds. The van der Waals surface area contributed by atoms with Crippen LogP contribution in [0.3, 0.4) is 0 Å². The molecule has 0 bridgehead atoms. The van der Waals surface area contributed by atoms with Gasteiger partial charge >= 0.3 is 0 Å². The van der Waals surface area contributed by atoms with Crippen molar-refractivity contribution in [1.29, 1.82) is 0 Å². The van der Waals surface area contributed by atoms with Crippen molar-refractivity contribution in [2.24, 2.45) is 0 Å². The van der Waals surface area contributed by atoms with Crippen LogP contribution in [0.25, 0.3) is 0 Å². The maximum absolute atomic E-state index is 13.5. The summed E-state index contributed by atoms with van der Waals surface area (Å²) < 4.78 is 39.7. The van der Waals surface area contributed by atoms with E-state index in [2.05, 4.69) is 20.6 Å². The van der Waals surface area contributed by atoms with E-state index in [0.29, 0.717) is 12.1 Å². The molecule has 100 valence electrons. The minimum Gasteiger partial charge on any atom is -0.357 e. The standard InChI is InChI=1S/C11H8ClF3N4/c1-16-11-17-4-6(12)10(19-11)18-9-7(14)2-5(13)3-8(9)15/h2-4H,1H3,(H2,16,17,18,19). The lowest BCUT2D eigenvalue weighted by molar-refractivity contribution is 0.549. The van der Waals surface area contributed by atoms with Crippen molar-refractivity contribution in [3.63, 3.8) is 0 Å². The third-order valence-corrected chi connectivity index (χ3v) is 2.49. The fraction of sp³-hybridized carbons (Fsp3) is 0.0909. The molecule has 0 fully saturated rings. The Morgan fingerprint density at radius 3 is 2.37 bits per heavy atom. The van der Waals surface area contributed by atoms with Crippen LogP contribution < -0.4 is 10.6 Å². The zero-order chi connectivity index (χ0) is 14.0. The maximum Gasteiger partial charge on any atom is 0.224 e. The molecule has 19 heavy (non-hydrogen) atoms. The molecular weight excluding hydrogens is 281 g/mol. The Morgan fingerprint density at radius 1 is 1.16 bits per heavy atom. The van der Waals surface area contributed by atoms with Gasteiger partial charge in [0.15, 0.2) is 17.5 Å². The minimum atomic E-state index is -1.09. The highest BCUT2D eigenvalue weighted by Crippen LogP contribution is 2.27. The molecular formula is C11H8ClF3N4. The van der Waals surface area contributed by atoms with Crippen molar-refractivity contribution in [1.82, 2.24) is 9.97 Å². The average Bonchev–Trinajstić information content (AvgIpc) is 2.35. The second kappa shape index (κ2) is 5.31. The maximum atomic E-state index is 13.5. The van der Waals surface area contributed by atoms with Crippen LogP contribution in [0.4, 0.5) is 30.6 Å². The summed E-state index contributed by atoms with van der Waals surface area (Å²) in [5.74, 6) is -2.96. The molecule has 0 aliphatic carbocycles. The molecule has 0 aliphatic rings. The molecule has 0 saturated heterocycles. The van der Waals surface area contributed by atoms with Crippen LogP contribution >= 0.6 is 11.6 Å². The first-order valence-electron chi connectivity index (χ1n) is 5.13. The quantitative estimate of drug-likeness (QED) is 0.909. The molecule has 0 spiro atoms. The number of hydrogen-bond acceptors (Lipinski definition) is 4. The van der Waals surface area contributed by atoms with Crippen LogP contribution in [-0.2, 0) is 0 Å². The Labute approximate surface area is 111 Å². The number of nitrogens with one attached hydrogen (secondary N) is 2. The molecule has 1 aromatic heterocycles. The third-order valence-electron chi connectivity index (χ3n) is 2.22. The number of halogens is 4. The molecule has 0 atom stereocenters. The second-order valence-corrected chi connectivity index (χ2v) is 3.92. The highest BCUT2D eigenvalue weighted by atomic mass is 35.5. The van der Waals surface area contributed by atoms with Crippen LogP contribution in [-0.4, -0.2) is 17.0 Å². The predicted molar refractivity (Wildman–Crippen MR) is 66.2 cm³/mol. The van der Waals surface area contributed by atoms with Gasteiger partial charge < -0.3 is 10.6 Å². The van der Waals surface area contributed by atoms with Gasteiger partial charge in [-0.15, -0.1) is 0 Å². The second-order valence-electron chi connectivity index (χ2n) is 3.51. The lowest BCUT2D eigenvalue weighted by Gasteiger charge is -2.10. The van der Waals surface area contributed by atoms with Crippen molar-refractivity contribution >= 4 is 29.1 Å². The Balaban J connectivity index is 2.41. The first-order valence-corrected chi connectivity index (χ1v) is 5.51. The van der Waals surface area contributed by atoms with Gasteiger partial charge in [0.2, 0.25) is 5.95 Å². The van der Waals surface area contributed by atoms with Crippen molar-refractivity contribution < 1.29 is 13.2 Å². The van der Waals surface area contributed by atoms with Gasteiger partial charge in [-0.3, -0.25) is 0 Å². The average molecular weight is 289 g/mol. The summed E-state index contributed by atoms with van der Waals surface area (Å²) in [7, 11) is 1.58. The Morgan fingerprint density at radius 2 is 1.79 bits per heavy atom. The lowest BCUT2D eigenvalue weighted by Crippen LogP contribution is -2.04. The van der Waals surface area contributed by atoms with E-state index >= 15 is 0 Å². The summed E-state index contributed by atoms with van der Waals surface area (Å²) in [5, 5.41) is 5.09. The first kappa shape index (κ1) is 13.4. The summed E-state index contributed by atoms with van der Waals surface area (Å²) in [6, 6.07) is 1.11. The molecule has 4 nitrogen and oxygen atoms in total. The zero-order valence-corrected chi connectivity index (χ0v) is 10.4. The van der Waals surface area contributed by atoms with E-state index in [1.54, 1.807) is 7.05 Å². The van der Waals surface area contributed by atoms with Crippen molar-refractivity contribution in [3.8, 4) is 0 Å². The highest BCUT2D eigenvalue weighted by Gasteiger charge is 2.14. The molecule has 2 aromatic rings. The summed E-state index contributed by atoms with van der Waals surface area (Å²) in [6.07, 6.45) is 1.27. The van der Waals surface area contributed by atoms with Crippen LogP contribution in [0.15, 0.2) is 18.3 Å². The molecule has 0 radical (unpaired) electrons. The van der Waals surface area contributed by atoms with E-state index in [1.807, 2.05) is 0 Å². The SMILES string of the molecule is CNc1ncc(Cl)c(Nc2c(F)cc(F)cc2F)n1. The number of hydrogen-bond donors (Lipinski definition) is 2. The molecule has 0 unspecified atom stereocenters. The van der Waals surface area contributed by atoms with E-state index in [4.69, 9.17) is 11.6 Å². The fourth-order valence-corrected chi connectivity index (χ4v) is 1.49. The van der Waals surface area contributed by atoms with Gasteiger partial charge in [0.05, 0.1) is 6.20 Å². The van der Waals surface area contributed by atoms with Crippen LogP contribution in [0.1, 0.15) is 0 Å². The van der Waals surface area contributed by atoms with E-state index in [-0.39, 0.29) is 16.8 Å². The normalized spacial score (nSPS) is 10.4. The molecule has 8 heteroatoms. The first-order chi connectivity index (χ1) is 9.01. The highest BCUT2D eigenvalue weighted by molar-refractivity contribution is 6.32. The summed E-state index contributed by atoms with van der Waals surface area (Å²) in [4.78, 5) is 7.71. The van der Waals surface area contributed by atoms with E-state index < -0.39 is 23.1 Å². The van der Waals surface area contributed by atoms with Gasteiger partial charge in [-0.1, -0.05) is 11.6 Å². The zero-order valence-electron chi connectivity index (χ0n) is 9.64. The van der Waals surface area contributed by atoms with Gasteiger partial charge in [-0.2, -0.15) is 4.98 Å². The van der Waals surface area contributed by atoms with Gasteiger partial charge in [-0.25, -0.2) is 18.2 Å². The van der Waals surface area contributed by atoms with Gasteiger partial charge in [0.1, 0.15) is 16.5 Å². The smallest absolute Gasteiger partial charge is 0.224 e. The van der Waals surface area contributed by atoms with E-state index in [0.717, 1.165) is 0 Å².